The molecule has 0 radical (unpaired) electrons. The number of nitrogens with zero attached hydrogens (tertiary/aromatic N) is 1. The third-order valence-electron chi connectivity index (χ3n) is 4.17. The van der Waals surface area contributed by atoms with E-state index in [4.69, 9.17) is 10.5 Å². The first-order valence-electron chi connectivity index (χ1n) is 9.36. The van der Waals surface area contributed by atoms with Gasteiger partial charge in [-0.2, -0.15) is 0 Å². The molecule has 0 saturated carbocycles. The first kappa shape index (κ1) is 23.4. The monoisotopic (exact) mass is 357 g/mol. The smallest absolute Gasteiger partial charge is 0.323 e. The van der Waals surface area contributed by atoms with Crippen LogP contribution >= 0.6 is 0 Å². The molecule has 7 nitrogen and oxygen atoms in total. The lowest BCUT2D eigenvalue weighted by molar-refractivity contribution is -0.137. The molecule has 1 atom stereocenters. The molecule has 0 aliphatic carbocycles. The van der Waals surface area contributed by atoms with Crippen molar-refractivity contribution in [3.63, 3.8) is 0 Å². The number of carbonyl (C=O) groups excluding carboxylic acids is 1. The number of rotatable bonds is 14. The van der Waals surface area contributed by atoms with Gasteiger partial charge in [-0.15, -0.1) is 0 Å². The summed E-state index contributed by atoms with van der Waals surface area (Å²) in [7, 11) is 1.46. The molecule has 146 valence electrons. The number of guanidine groups is 1. The summed E-state index contributed by atoms with van der Waals surface area (Å²) in [6.07, 6.45) is 10.6. The van der Waals surface area contributed by atoms with Gasteiger partial charge in [-0.3, -0.25) is 20.3 Å². The van der Waals surface area contributed by atoms with Crippen LogP contribution in [0.5, 0.6) is 0 Å². The second-order valence-electron chi connectivity index (χ2n) is 6.58. The van der Waals surface area contributed by atoms with Crippen molar-refractivity contribution in [2.45, 2.75) is 83.7 Å². The van der Waals surface area contributed by atoms with Crippen LogP contribution in [0.3, 0.4) is 0 Å². The Morgan fingerprint density at radius 3 is 2.08 bits per heavy atom. The van der Waals surface area contributed by atoms with Gasteiger partial charge in [0.15, 0.2) is 5.96 Å². The zero-order valence-corrected chi connectivity index (χ0v) is 15.7. The Bertz CT molecular complexity index is 402. The van der Waals surface area contributed by atoms with Gasteiger partial charge in [-0.05, 0) is 19.3 Å². The number of unbranched alkanes of at least 4 members (excludes halogenated alkanes) is 7. The lowest BCUT2D eigenvalue weighted by atomic mass is 10.0. The van der Waals surface area contributed by atoms with Crippen LogP contribution in [0.2, 0.25) is 0 Å². The summed E-state index contributed by atoms with van der Waals surface area (Å²) < 4.78 is 0. The SMILES string of the molecule is CCC(O)CCCCCCCCCCC(=O)NC(=N)N(C)CC(=O)O. The lowest BCUT2D eigenvalue weighted by Gasteiger charge is -2.17. The molecule has 7 heteroatoms. The van der Waals surface area contributed by atoms with Gasteiger partial charge in [0.05, 0.1) is 6.10 Å². The number of carboxylic acids is 1. The van der Waals surface area contributed by atoms with Crippen molar-refractivity contribution < 1.29 is 19.8 Å². The van der Waals surface area contributed by atoms with Gasteiger partial charge in [0, 0.05) is 13.5 Å². The zero-order chi connectivity index (χ0) is 19.1. The Labute approximate surface area is 151 Å². The molecular formula is C18H35N3O4. The molecule has 0 aliphatic rings. The van der Waals surface area contributed by atoms with Gasteiger partial charge in [0.1, 0.15) is 6.54 Å². The van der Waals surface area contributed by atoms with E-state index >= 15 is 0 Å². The minimum Gasteiger partial charge on any atom is -0.480 e. The number of aliphatic hydroxyl groups is 1. The van der Waals surface area contributed by atoms with Crippen molar-refractivity contribution in [1.29, 1.82) is 5.41 Å². The van der Waals surface area contributed by atoms with Crippen molar-refractivity contribution in [3.8, 4) is 0 Å². The minimum absolute atomic E-state index is 0.142. The second-order valence-corrected chi connectivity index (χ2v) is 6.58. The summed E-state index contributed by atoms with van der Waals surface area (Å²) in [5, 5.41) is 28.1. The van der Waals surface area contributed by atoms with E-state index in [1.807, 2.05) is 6.92 Å². The van der Waals surface area contributed by atoms with E-state index in [0.29, 0.717) is 6.42 Å². The average Bonchev–Trinajstić information content (AvgIpc) is 2.55. The summed E-state index contributed by atoms with van der Waals surface area (Å²) in [5.41, 5.74) is 0. The summed E-state index contributed by atoms with van der Waals surface area (Å²) in [6, 6.07) is 0. The Kier molecular flexibility index (Phi) is 13.7. The Balaban J connectivity index is 3.49. The van der Waals surface area contributed by atoms with Crippen LogP contribution in [0, 0.1) is 5.41 Å². The Hall–Kier alpha value is -1.63. The van der Waals surface area contributed by atoms with Gasteiger partial charge in [0.25, 0.3) is 0 Å². The van der Waals surface area contributed by atoms with Crippen LogP contribution in [0.1, 0.15) is 77.6 Å². The molecule has 0 aromatic rings. The first-order valence-corrected chi connectivity index (χ1v) is 9.36. The number of hydrogen-bond acceptors (Lipinski definition) is 4. The molecule has 25 heavy (non-hydrogen) atoms. The predicted molar refractivity (Wildman–Crippen MR) is 98.6 cm³/mol. The van der Waals surface area contributed by atoms with Gasteiger partial charge in [0.2, 0.25) is 5.91 Å². The molecule has 0 heterocycles. The lowest BCUT2D eigenvalue weighted by Crippen LogP contribution is -2.43. The Morgan fingerprint density at radius 1 is 1.04 bits per heavy atom. The molecule has 0 aromatic heterocycles. The maximum atomic E-state index is 11.7. The fourth-order valence-electron chi connectivity index (χ4n) is 2.50. The van der Waals surface area contributed by atoms with Gasteiger partial charge < -0.3 is 15.1 Å². The van der Waals surface area contributed by atoms with Gasteiger partial charge in [-0.1, -0.05) is 51.9 Å². The van der Waals surface area contributed by atoms with E-state index in [9.17, 15) is 14.7 Å². The molecule has 0 aromatic carbocycles. The number of carboxylic acid groups (broad SMARTS) is 1. The molecule has 0 spiro atoms. The van der Waals surface area contributed by atoms with E-state index in [1.165, 1.54) is 31.2 Å². The van der Waals surface area contributed by atoms with Crippen LogP contribution < -0.4 is 5.32 Å². The molecule has 0 bridgehead atoms. The molecule has 1 amide bonds. The number of hydrogen-bond donors (Lipinski definition) is 4. The summed E-state index contributed by atoms with van der Waals surface area (Å²) in [4.78, 5) is 23.4. The number of likely N-dealkylation sites (N-methyl/N-ethyl adjacent to an activating group) is 1. The van der Waals surface area contributed by atoms with Crippen molar-refractivity contribution in [1.82, 2.24) is 10.2 Å². The van der Waals surface area contributed by atoms with E-state index in [2.05, 4.69) is 5.32 Å². The van der Waals surface area contributed by atoms with Crippen LogP contribution in [0.25, 0.3) is 0 Å². The van der Waals surface area contributed by atoms with Crippen molar-refractivity contribution in [2.75, 3.05) is 13.6 Å². The molecule has 4 N–H and O–H groups in total. The van der Waals surface area contributed by atoms with E-state index in [0.717, 1.165) is 44.9 Å². The highest BCUT2D eigenvalue weighted by molar-refractivity contribution is 5.96. The minimum atomic E-state index is -1.04. The summed E-state index contributed by atoms with van der Waals surface area (Å²) in [6.45, 7) is 1.69. The summed E-state index contributed by atoms with van der Waals surface area (Å²) >= 11 is 0. The standard InChI is InChI=1S/C18H35N3O4/c1-3-15(22)12-10-8-6-4-5-7-9-11-13-16(23)20-18(19)21(2)14-17(24)25/h15,22H,3-14H2,1-2H3,(H,24,25)(H2,19,20,23). The number of aliphatic carboxylic acids is 1. The molecule has 0 aliphatic heterocycles. The number of nitrogens with one attached hydrogen (secondary N) is 2. The quantitative estimate of drug-likeness (QED) is 0.217. The van der Waals surface area contributed by atoms with Crippen LogP contribution in [-0.2, 0) is 9.59 Å². The highest BCUT2D eigenvalue weighted by atomic mass is 16.4. The number of amides is 1. The number of carbonyl (C=O) groups is 2. The van der Waals surface area contributed by atoms with Crippen LogP contribution in [-0.4, -0.2) is 52.6 Å². The van der Waals surface area contributed by atoms with Crippen molar-refractivity contribution in [3.05, 3.63) is 0 Å². The molecule has 0 saturated heterocycles. The summed E-state index contributed by atoms with van der Waals surface area (Å²) in [5.74, 6) is -1.46. The van der Waals surface area contributed by atoms with Gasteiger partial charge in [-0.25, -0.2) is 0 Å². The topological polar surface area (TPSA) is 114 Å². The molecule has 1 unspecified atom stereocenters. The molecular weight excluding hydrogens is 322 g/mol. The van der Waals surface area contributed by atoms with E-state index in [-0.39, 0.29) is 24.5 Å². The van der Waals surface area contributed by atoms with E-state index in [1.54, 1.807) is 0 Å². The highest BCUT2D eigenvalue weighted by Gasteiger charge is 2.11. The number of aliphatic hydroxyl groups excluding tert-OH is 1. The fourth-order valence-corrected chi connectivity index (χ4v) is 2.50. The Morgan fingerprint density at radius 2 is 1.56 bits per heavy atom. The van der Waals surface area contributed by atoms with Crippen LogP contribution in [0.4, 0.5) is 0 Å². The van der Waals surface area contributed by atoms with Crippen molar-refractivity contribution >= 4 is 17.8 Å². The third-order valence-corrected chi connectivity index (χ3v) is 4.17. The average molecular weight is 357 g/mol. The maximum absolute atomic E-state index is 11.7. The fraction of sp³-hybridized carbons (Fsp3) is 0.833. The largest absolute Gasteiger partial charge is 0.480 e. The van der Waals surface area contributed by atoms with Gasteiger partial charge >= 0.3 is 5.97 Å². The second kappa shape index (κ2) is 14.7. The normalized spacial score (nSPS) is 11.8. The van der Waals surface area contributed by atoms with E-state index < -0.39 is 5.97 Å². The molecule has 0 fully saturated rings. The van der Waals surface area contributed by atoms with Crippen molar-refractivity contribution in [2.24, 2.45) is 0 Å². The van der Waals surface area contributed by atoms with Crippen LogP contribution in [0.15, 0.2) is 0 Å². The molecule has 0 rings (SSSR count). The predicted octanol–water partition coefficient (Wildman–Crippen LogP) is 2.73. The highest BCUT2D eigenvalue weighted by Crippen LogP contribution is 2.12. The maximum Gasteiger partial charge on any atom is 0.323 e. The zero-order valence-electron chi connectivity index (χ0n) is 15.7. The third kappa shape index (κ3) is 14.4. The first-order chi connectivity index (χ1) is 11.9.